The molecule has 0 bridgehead atoms. The highest BCUT2D eigenvalue weighted by atomic mass is 16.7. The van der Waals surface area contributed by atoms with Crippen LogP contribution in [0, 0.1) is 17.3 Å². The highest BCUT2D eigenvalue weighted by molar-refractivity contribution is 5.70. The van der Waals surface area contributed by atoms with Crippen LogP contribution < -0.4 is 0 Å². The second kappa shape index (κ2) is 18.6. The maximum Gasteiger partial charge on any atom is 0.308 e. The number of hydrogen-bond acceptors (Lipinski definition) is 13. The van der Waals surface area contributed by atoms with Gasteiger partial charge in [-0.2, -0.15) is 0 Å². The monoisotopic (exact) mass is 699 g/mol. The molecule has 282 valence electrons. The number of ether oxygens (including phenoxy) is 6. The van der Waals surface area contributed by atoms with E-state index < -0.39 is 103 Å². The lowest BCUT2D eigenvalue weighted by atomic mass is 9.78. The van der Waals surface area contributed by atoms with Gasteiger partial charge in [-0.1, -0.05) is 45.1 Å². The van der Waals surface area contributed by atoms with Crippen molar-refractivity contribution >= 4 is 12.3 Å². The Labute approximate surface area is 291 Å². The third kappa shape index (κ3) is 11.1. The summed E-state index contributed by atoms with van der Waals surface area (Å²) >= 11 is 0. The molecule has 0 radical (unpaired) electrons. The molecule has 15 unspecified atom stereocenters. The van der Waals surface area contributed by atoms with Crippen molar-refractivity contribution in [2.45, 2.75) is 153 Å². The molecule has 0 saturated carbocycles. The number of aliphatic hydroxyl groups excluding tert-OH is 4. The van der Waals surface area contributed by atoms with Crippen molar-refractivity contribution in [3.05, 3.63) is 24.3 Å². The molecule has 0 aromatic heterocycles. The summed E-state index contributed by atoms with van der Waals surface area (Å²) in [5.74, 6) is -1.58. The first kappa shape index (κ1) is 41.6. The van der Waals surface area contributed by atoms with Crippen LogP contribution in [0.15, 0.2) is 24.3 Å². The van der Waals surface area contributed by atoms with Gasteiger partial charge in [-0.3, -0.25) is 4.79 Å². The molecule has 3 aliphatic rings. The molecule has 13 nitrogen and oxygen atoms in total. The van der Waals surface area contributed by atoms with E-state index in [9.17, 15) is 30.0 Å². The van der Waals surface area contributed by atoms with E-state index in [2.05, 4.69) is 0 Å². The summed E-state index contributed by atoms with van der Waals surface area (Å²) in [5, 5.41) is 44.8. The minimum absolute atomic E-state index is 0.0144. The first-order valence-electron chi connectivity index (χ1n) is 17.5. The molecule has 0 aliphatic carbocycles. The average molecular weight is 700 g/mol. The van der Waals surface area contributed by atoms with E-state index in [-0.39, 0.29) is 18.8 Å². The molecular weight excluding hydrogens is 638 g/mol. The van der Waals surface area contributed by atoms with E-state index in [1.807, 2.05) is 31.7 Å². The van der Waals surface area contributed by atoms with Gasteiger partial charge in [0.25, 0.3) is 0 Å². The smallest absolute Gasteiger partial charge is 0.308 e. The molecule has 3 aliphatic heterocycles. The predicted molar refractivity (Wildman–Crippen MR) is 180 cm³/mol. The number of esters is 1. The second-order valence-corrected chi connectivity index (χ2v) is 15.0. The maximum absolute atomic E-state index is 12.8. The van der Waals surface area contributed by atoms with Crippen LogP contribution in [-0.4, -0.2) is 138 Å². The van der Waals surface area contributed by atoms with E-state index in [1.54, 1.807) is 53.1 Å². The van der Waals surface area contributed by atoms with Crippen LogP contribution >= 0.6 is 0 Å². The Balaban J connectivity index is 1.94. The number of rotatable bonds is 8. The number of aldehydes is 1. The third-order valence-electron chi connectivity index (χ3n) is 10.1. The Kier molecular flexibility index (Phi) is 15.8. The fourth-order valence-electron chi connectivity index (χ4n) is 7.26. The normalized spacial score (nSPS) is 44.2. The third-order valence-corrected chi connectivity index (χ3v) is 10.1. The molecule has 15 atom stereocenters. The number of nitrogens with zero attached hydrogens (tertiary/aromatic N) is 1. The van der Waals surface area contributed by atoms with E-state index in [1.165, 1.54) is 7.11 Å². The number of allylic oxidation sites excluding steroid dienone is 2. The second-order valence-electron chi connectivity index (χ2n) is 15.0. The summed E-state index contributed by atoms with van der Waals surface area (Å²) in [4.78, 5) is 26.7. The SMILES string of the molecule is COC1C(O)CC(=O)OC(C)C/C=C/C=C/C(O)C(C)CC(CC=O)C1OC1OC(C)C(OC2CC(C)(C)C(O)C(C)O2)C(N(C)C)C1O. The van der Waals surface area contributed by atoms with Gasteiger partial charge in [-0.15, -0.1) is 0 Å². The molecular formula is C36H61NO12. The van der Waals surface area contributed by atoms with Crippen molar-refractivity contribution in [3.8, 4) is 0 Å². The van der Waals surface area contributed by atoms with Gasteiger partial charge in [0.05, 0.1) is 49.1 Å². The minimum atomic E-state index is -1.39. The van der Waals surface area contributed by atoms with Gasteiger partial charge in [-0.05, 0) is 58.5 Å². The Morgan fingerprint density at radius 2 is 1.67 bits per heavy atom. The Hall–Kier alpha value is -1.78. The van der Waals surface area contributed by atoms with Gasteiger partial charge < -0.3 is 58.5 Å². The van der Waals surface area contributed by atoms with Crippen LogP contribution in [0.25, 0.3) is 0 Å². The zero-order valence-corrected chi connectivity index (χ0v) is 30.6. The molecule has 0 spiro atoms. The van der Waals surface area contributed by atoms with Crippen molar-refractivity contribution in [3.63, 3.8) is 0 Å². The topological polar surface area (TPSA) is 174 Å². The number of aliphatic hydroxyl groups is 4. The number of carbonyl (C=O) groups is 2. The summed E-state index contributed by atoms with van der Waals surface area (Å²) in [6.07, 6.45) is -2.04. The highest BCUT2D eigenvalue weighted by Gasteiger charge is 2.51. The molecule has 2 saturated heterocycles. The van der Waals surface area contributed by atoms with E-state index in [4.69, 9.17) is 28.4 Å². The van der Waals surface area contributed by atoms with Gasteiger partial charge in [-0.25, -0.2) is 0 Å². The molecule has 0 amide bonds. The summed E-state index contributed by atoms with van der Waals surface area (Å²) in [7, 11) is 4.98. The van der Waals surface area contributed by atoms with Crippen molar-refractivity contribution in [2.75, 3.05) is 21.2 Å². The average Bonchev–Trinajstić information content (AvgIpc) is 3.00. The fourth-order valence-corrected chi connectivity index (χ4v) is 7.26. The maximum atomic E-state index is 12.8. The van der Waals surface area contributed by atoms with Crippen LogP contribution in [0.2, 0.25) is 0 Å². The molecule has 3 rings (SSSR count). The predicted octanol–water partition coefficient (Wildman–Crippen LogP) is 2.12. The van der Waals surface area contributed by atoms with E-state index in [0.717, 1.165) is 6.29 Å². The van der Waals surface area contributed by atoms with Gasteiger partial charge in [0.15, 0.2) is 12.6 Å². The lowest BCUT2D eigenvalue weighted by Gasteiger charge is -2.50. The van der Waals surface area contributed by atoms with E-state index in [0.29, 0.717) is 12.8 Å². The zero-order chi connectivity index (χ0) is 36.6. The van der Waals surface area contributed by atoms with Crippen molar-refractivity contribution in [1.29, 1.82) is 0 Å². The lowest BCUT2D eigenvalue weighted by Crippen LogP contribution is -2.65. The summed E-state index contributed by atoms with van der Waals surface area (Å²) < 4.78 is 36.6. The molecule has 2 fully saturated rings. The van der Waals surface area contributed by atoms with Crippen LogP contribution in [0.4, 0.5) is 0 Å². The first-order chi connectivity index (χ1) is 23.0. The lowest BCUT2D eigenvalue weighted by molar-refractivity contribution is -0.340. The van der Waals surface area contributed by atoms with Gasteiger partial charge >= 0.3 is 5.97 Å². The molecule has 4 N–H and O–H groups in total. The standard InChI is InChI=1S/C36H61NO12/c1-20-17-24(15-16-38)32(33(44-9)26(40)18-27(41)45-21(2)13-11-10-12-14-25(20)39)49-35-30(42)29(37(7)8)31(22(3)47-35)48-28-19-36(5,6)34(43)23(4)46-28/h10-12,14,16,20-26,28-35,39-40,42-43H,13,15,17-19H2,1-9H3/b11-10+,14-12+. The molecule has 3 heterocycles. The summed E-state index contributed by atoms with van der Waals surface area (Å²) in [6.45, 7) is 11.1. The number of likely N-dealkylation sites (N-methyl/N-ethyl adjacent to an activating group) is 1. The Bertz CT molecular complexity index is 1100. The fraction of sp³-hybridized carbons (Fsp3) is 0.833. The summed E-state index contributed by atoms with van der Waals surface area (Å²) in [6, 6.07) is -0.639. The van der Waals surface area contributed by atoms with E-state index >= 15 is 0 Å². The summed E-state index contributed by atoms with van der Waals surface area (Å²) in [5.41, 5.74) is -0.464. The van der Waals surface area contributed by atoms with Crippen LogP contribution in [0.3, 0.4) is 0 Å². The Morgan fingerprint density at radius 1 is 0.980 bits per heavy atom. The van der Waals surface area contributed by atoms with Crippen LogP contribution in [0.5, 0.6) is 0 Å². The molecule has 0 aromatic carbocycles. The number of methoxy groups -OCH3 is 1. The van der Waals surface area contributed by atoms with Crippen LogP contribution in [-0.2, 0) is 38.0 Å². The van der Waals surface area contributed by atoms with Crippen LogP contribution in [0.1, 0.15) is 73.6 Å². The van der Waals surface area contributed by atoms with Gasteiger partial charge in [0, 0.05) is 26.4 Å². The first-order valence-corrected chi connectivity index (χ1v) is 17.5. The molecule has 0 aromatic rings. The van der Waals surface area contributed by atoms with Gasteiger partial charge in [0.1, 0.15) is 30.7 Å². The quantitative estimate of drug-likeness (QED) is 0.215. The molecule has 13 heteroatoms. The number of hydrogen-bond donors (Lipinski definition) is 4. The van der Waals surface area contributed by atoms with Gasteiger partial charge in [0.2, 0.25) is 0 Å². The van der Waals surface area contributed by atoms with Crippen molar-refractivity contribution in [2.24, 2.45) is 17.3 Å². The minimum Gasteiger partial charge on any atom is -0.462 e. The number of cyclic esters (lactones) is 1. The highest BCUT2D eigenvalue weighted by Crippen LogP contribution is 2.39. The Morgan fingerprint density at radius 3 is 2.29 bits per heavy atom. The van der Waals surface area contributed by atoms with Crippen molar-refractivity contribution < 1.29 is 58.4 Å². The largest absolute Gasteiger partial charge is 0.462 e. The van der Waals surface area contributed by atoms with Crippen molar-refractivity contribution in [1.82, 2.24) is 4.90 Å². The molecule has 49 heavy (non-hydrogen) atoms. The zero-order valence-electron chi connectivity index (χ0n) is 30.6. The number of carbonyl (C=O) groups excluding carboxylic acids is 2.